The van der Waals surface area contributed by atoms with Gasteiger partial charge in [0.15, 0.2) is 0 Å². The van der Waals surface area contributed by atoms with Gasteiger partial charge in [0, 0.05) is 10.6 Å². The molecule has 0 saturated heterocycles. The highest BCUT2D eigenvalue weighted by Gasteiger charge is 2.37. The van der Waals surface area contributed by atoms with Crippen LogP contribution in [0.1, 0.15) is 26.3 Å². The van der Waals surface area contributed by atoms with Gasteiger partial charge in [-0.05, 0) is 38.5 Å². The first-order chi connectivity index (χ1) is 6.25. The second-order valence-corrected chi connectivity index (χ2v) is 4.74. The molecule has 0 aliphatic rings. The molecule has 1 atom stereocenters. The van der Waals surface area contributed by atoms with Gasteiger partial charge in [-0.3, -0.25) is 0 Å². The van der Waals surface area contributed by atoms with E-state index in [1.54, 1.807) is 45.0 Å². The highest BCUT2D eigenvalue weighted by atomic mass is 35.5. The van der Waals surface area contributed by atoms with Crippen LogP contribution in [0.2, 0.25) is 5.02 Å². The molecule has 0 heterocycles. The Labute approximate surface area is 89.7 Å². The largest absolute Gasteiger partial charge is 0.384 e. The molecular weight excluding hydrogens is 198 g/mol. The molecule has 2 nitrogen and oxygen atoms in total. The third-order valence-corrected chi connectivity index (χ3v) is 2.91. The first kappa shape index (κ1) is 11.5. The van der Waals surface area contributed by atoms with Crippen molar-refractivity contribution in [2.45, 2.75) is 31.9 Å². The Morgan fingerprint density at radius 3 is 1.93 bits per heavy atom. The van der Waals surface area contributed by atoms with Crippen LogP contribution in [0.4, 0.5) is 0 Å². The molecule has 0 fully saturated rings. The Balaban J connectivity index is 3.10. The maximum atomic E-state index is 10.2. The van der Waals surface area contributed by atoms with Crippen LogP contribution in [0, 0.1) is 0 Å². The lowest BCUT2D eigenvalue weighted by Crippen LogP contribution is -2.52. The Kier molecular flexibility index (Phi) is 2.91. The summed E-state index contributed by atoms with van der Waals surface area (Å²) in [5.41, 5.74) is 4.92. The first-order valence-electron chi connectivity index (χ1n) is 4.52. The van der Waals surface area contributed by atoms with Crippen molar-refractivity contribution < 1.29 is 5.11 Å². The quantitative estimate of drug-likeness (QED) is 0.792. The standard InChI is InChI=1S/C11H16ClNO/c1-10(2,13)11(3,14)8-4-6-9(12)7-5-8/h4-7,14H,13H2,1-3H3. The SMILES string of the molecule is CC(C)(N)C(C)(O)c1ccc(Cl)cc1. The van der Waals surface area contributed by atoms with E-state index >= 15 is 0 Å². The van der Waals surface area contributed by atoms with E-state index in [2.05, 4.69) is 0 Å². The molecule has 0 aliphatic carbocycles. The molecule has 0 amide bonds. The maximum Gasteiger partial charge on any atom is 0.104 e. The Bertz CT molecular complexity index is 311. The van der Waals surface area contributed by atoms with Crippen LogP contribution in [0.3, 0.4) is 0 Å². The summed E-state index contributed by atoms with van der Waals surface area (Å²) >= 11 is 5.76. The molecule has 0 radical (unpaired) electrons. The molecule has 78 valence electrons. The zero-order valence-electron chi connectivity index (χ0n) is 8.71. The molecule has 0 aliphatic heterocycles. The van der Waals surface area contributed by atoms with Crippen molar-refractivity contribution in [3.63, 3.8) is 0 Å². The fraction of sp³-hybridized carbons (Fsp3) is 0.455. The van der Waals surface area contributed by atoms with E-state index in [0.717, 1.165) is 5.56 Å². The highest BCUT2D eigenvalue weighted by Crippen LogP contribution is 2.30. The van der Waals surface area contributed by atoms with Crippen LogP contribution in [-0.2, 0) is 5.60 Å². The van der Waals surface area contributed by atoms with Crippen LogP contribution in [-0.4, -0.2) is 10.6 Å². The molecule has 0 aromatic heterocycles. The number of hydrogen-bond donors (Lipinski definition) is 2. The molecule has 1 aromatic rings. The minimum atomic E-state index is -1.06. The van der Waals surface area contributed by atoms with Crippen LogP contribution in [0.25, 0.3) is 0 Å². The van der Waals surface area contributed by atoms with Gasteiger partial charge in [-0.2, -0.15) is 0 Å². The van der Waals surface area contributed by atoms with Gasteiger partial charge in [-0.15, -0.1) is 0 Å². The lowest BCUT2D eigenvalue weighted by Gasteiger charge is -2.37. The van der Waals surface area contributed by atoms with Crippen molar-refractivity contribution in [3.8, 4) is 0 Å². The summed E-state index contributed by atoms with van der Waals surface area (Å²) in [5.74, 6) is 0. The van der Waals surface area contributed by atoms with E-state index < -0.39 is 11.1 Å². The Morgan fingerprint density at radius 2 is 1.57 bits per heavy atom. The van der Waals surface area contributed by atoms with E-state index in [9.17, 15) is 5.11 Å². The van der Waals surface area contributed by atoms with Crippen molar-refractivity contribution in [3.05, 3.63) is 34.9 Å². The van der Waals surface area contributed by atoms with Gasteiger partial charge in [0.2, 0.25) is 0 Å². The third-order valence-electron chi connectivity index (χ3n) is 2.66. The van der Waals surface area contributed by atoms with Crippen LogP contribution < -0.4 is 5.73 Å². The van der Waals surface area contributed by atoms with Gasteiger partial charge in [-0.1, -0.05) is 23.7 Å². The van der Waals surface area contributed by atoms with E-state index in [4.69, 9.17) is 17.3 Å². The second-order valence-electron chi connectivity index (χ2n) is 4.30. The van der Waals surface area contributed by atoms with Crippen molar-refractivity contribution >= 4 is 11.6 Å². The van der Waals surface area contributed by atoms with Crippen molar-refractivity contribution in [2.75, 3.05) is 0 Å². The zero-order valence-corrected chi connectivity index (χ0v) is 9.47. The Morgan fingerprint density at radius 1 is 1.14 bits per heavy atom. The summed E-state index contributed by atoms with van der Waals surface area (Å²) in [5, 5.41) is 10.9. The summed E-state index contributed by atoms with van der Waals surface area (Å²) in [6.45, 7) is 5.29. The summed E-state index contributed by atoms with van der Waals surface area (Å²) in [6, 6.07) is 7.07. The third kappa shape index (κ3) is 2.08. The lowest BCUT2D eigenvalue weighted by molar-refractivity contribution is -0.00869. The number of benzene rings is 1. The average molecular weight is 214 g/mol. The van der Waals surface area contributed by atoms with Gasteiger partial charge >= 0.3 is 0 Å². The zero-order chi connectivity index (χ0) is 11.0. The molecule has 3 heteroatoms. The van der Waals surface area contributed by atoms with Gasteiger partial charge in [0.1, 0.15) is 5.60 Å². The summed E-state index contributed by atoms with van der Waals surface area (Å²) in [6.07, 6.45) is 0. The maximum absolute atomic E-state index is 10.2. The first-order valence-corrected chi connectivity index (χ1v) is 4.90. The molecule has 1 aromatic carbocycles. The van der Waals surface area contributed by atoms with E-state index in [1.807, 2.05) is 0 Å². The molecule has 1 rings (SSSR count). The van der Waals surface area contributed by atoms with Gasteiger partial charge in [0.25, 0.3) is 0 Å². The normalized spacial score (nSPS) is 16.4. The number of nitrogens with two attached hydrogens (primary N) is 1. The number of rotatable bonds is 2. The van der Waals surface area contributed by atoms with Crippen molar-refractivity contribution in [1.29, 1.82) is 0 Å². The van der Waals surface area contributed by atoms with Gasteiger partial charge < -0.3 is 10.8 Å². The highest BCUT2D eigenvalue weighted by molar-refractivity contribution is 6.30. The molecular formula is C11H16ClNO. The summed E-state index contributed by atoms with van der Waals surface area (Å²) < 4.78 is 0. The van der Waals surface area contributed by atoms with Crippen molar-refractivity contribution in [2.24, 2.45) is 5.73 Å². The number of aliphatic hydroxyl groups is 1. The van der Waals surface area contributed by atoms with Crippen LogP contribution in [0.15, 0.2) is 24.3 Å². The molecule has 1 unspecified atom stereocenters. The van der Waals surface area contributed by atoms with E-state index in [-0.39, 0.29) is 0 Å². The number of hydrogen-bond acceptors (Lipinski definition) is 2. The minimum absolute atomic E-state index is 0.652. The van der Waals surface area contributed by atoms with Gasteiger partial charge in [-0.25, -0.2) is 0 Å². The average Bonchev–Trinajstić information content (AvgIpc) is 2.03. The predicted molar refractivity (Wildman–Crippen MR) is 59.3 cm³/mol. The van der Waals surface area contributed by atoms with E-state index in [0.29, 0.717) is 5.02 Å². The molecule has 0 saturated carbocycles. The molecule has 14 heavy (non-hydrogen) atoms. The van der Waals surface area contributed by atoms with Crippen molar-refractivity contribution in [1.82, 2.24) is 0 Å². The predicted octanol–water partition coefficient (Wildman–Crippen LogP) is 2.28. The smallest absolute Gasteiger partial charge is 0.104 e. The molecule has 0 bridgehead atoms. The second kappa shape index (κ2) is 3.54. The topological polar surface area (TPSA) is 46.2 Å². The minimum Gasteiger partial charge on any atom is -0.384 e. The lowest BCUT2D eigenvalue weighted by atomic mass is 9.80. The van der Waals surface area contributed by atoms with Gasteiger partial charge in [0.05, 0.1) is 0 Å². The summed E-state index contributed by atoms with van der Waals surface area (Å²) in [4.78, 5) is 0. The summed E-state index contributed by atoms with van der Waals surface area (Å²) in [7, 11) is 0. The fourth-order valence-electron chi connectivity index (χ4n) is 1.15. The Hall–Kier alpha value is -0.570. The van der Waals surface area contributed by atoms with Crippen LogP contribution in [0.5, 0.6) is 0 Å². The van der Waals surface area contributed by atoms with Crippen LogP contribution >= 0.6 is 11.6 Å². The van der Waals surface area contributed by atoms with E-state index in [1.165, 1.54) is 0 Å². The number of halogens is 1. The fourth-order valence-corrected chi connectivity index (χ4v) is 1.27. The molecule has 0 spiro atoms. The molecule has 3 N–H and O–H groups in total. The monoisotopic (exact) mass is 213 g/mol.